The topological polar surface area (TPSA) is 99.9 Å². The van der Waals surface area contributed by atoms with E-state index in [0.717, 1.165) is 11.1 Å². The maximum absolute atomic E-state index is 12.9. The Morgan fingerprint density at radius 1 is 1.15 bits per heavy atom. The Morgan fingerprint density at radius 3 is 2.50 bits per heavy atom. The lowest BCUT2D eigenvalue weighted by atomic mass is 10.0. The molecule has 4 rings (SSSR count). The Labute approximate surface area is 206 Å². The number of rotatable bonds is 7. The molecule has 0 saturated carbocycles. The highest BCUT2D eigenvalue weighted by Crippen LogP contribution is 2.39. The summed E-state index contributed by atoms with van der Waals surface area (Å²) in [6.07, 6.45) is 1.70. The first-order valence-electron chi connectivity index (χ1n) is 10.4. The normalized spacial score (nSPS) is 17.7. The van der Waals surface area contributed by atoms with Crippen molar-refractivity contribution < 1.29 is 23.9 Å². The van der Waals surface area contributed by atoms with Gasteiger partial charge in [-0.15, -0.1) is 12.6 Å². The second kappa shape index (κ2) is 10.2. The molecule has 0 unspecified atom stereocenters. The van der Waals surface area contributed by atoms with Gasteiger partial charge in [0.1, 0.15) is 16.2 Å². The molecule has 1 aromatic heterocycles. The lowest BCUT2D eigenvalue weighted by molar-refractivity contribution is -0.141. The van der Waals surface area contributed by atoms with E-state index in [2.05, 4.69) is 17.9 Å². The lowest BCUT2D eigenvalue weighted by Crippen LogP contribution is -2.31. The Morgan fingerprint density at radius 2 is 1.85 bits per heavy atom. The van der Waals surface area contributed by atoms with Crippen molar-refractivity contribution >= 4 is 48.3 Å². The highest BCUT2D eigenvalue weighted by Gasteiger charge is 2.34. The maximum atomic E-state index is 12.9. The molecule has 2 aromatic carbocycles. The zero-order chi connectivity index (χ0) is 24.2. The summed E-state index contributed by atoms with van der Waals surface area (Å²) in [5, 5.41) is 11.8. The number of benzene rings is 2. The van der Waals surface area contributed by atoms with Crippen LogP contribution >= 0.6 is 24.4 Å². The van der Waals surface area contributed by atoms with E-state index in [9.17, 15) is 19.5 Å². The SMILES string of the molecule is CC(=O)N[C@H](C(=O)O)c1ccc(-c2ccc(/C=C3\S[C@H](S)N(Cc4ccccc4)C3=O)o2)cc1. The first-order chi connectivity index (χ1) is 16.3. The molecule has 1 aliphatic heterocycles. The molecular weight excluding hydrogens is 472 g/mol. The molecule has 1 saturated heterocycles. The molecule has 2 amide bonds. The Hall–Kier alpha value is -3.43. The van der Waals surface area contributed by atoms with Gasteiger partial charge >= 0.3 is 5.97 Å². The van der Waals surface area contributed by atoms with E-state index < -0.39 is 17.9 Å². The molecule has 0 bridgehead atoms. The number of thiol groups is 1. The van der Waals surface area contributed by atoms with Gasteiger partial charge in [-0.25, -0.2) is 4.79 Å². The number of aliphatic carboxylic acids is 1. The van der Waals surface area contributed by atoms with Gasteiger partial charge in [-0.2, -0.15) is 0 Å². The number of carbonyl (C=O) groups excluding carboxylic acids is 2. The number of carboxylic acids is 1. The molecule has 2 heterocycles. The van der Waals surface area contributed by atoms with Crippen LogP contribution < -0.4 is 5.32 Å². The molecule has 2 N–H and O–H groups in total. The first-order valence-corrected chi connectivity index (χ1v) is 11.8. The van der Waals surface area contributed by atoms with E-state index in [1.807, 2.05) is 30.3 Å². The lowest BCUT2D eigenvalue weighted by Gasteiger charge is -2.19. The van der Waals surface area contributed by atoms with Crippen LogP contribution in [0.25, 0.3) is 17.4 Å². The Balaban J connectivity index is 1.48. The molecule has 9 heteroatoms. The average Bonchev–Trinajstić information content (AvgIpc) is 3.38. The third kappa shape index (κ3) is 5.37. The van der Waals surface area contributed by atoms with Crippen LogP contribution in [0.15, 0.2) is 76.1 Å². The van der Waals surface area contributed by atoms with Gasteiger partial charge in [0.15, 0.2) is 6.04 Å². The third-order valence-corrected chi connectivity index (χ3v) is 6.80. The van der Waals surface area contributed by atoms with Crippen LogP contribution in [0.5, 0.6) is 0 Å². The number of nitrogens with zero attached hydrogens (tertiary/aromatic N) is 1. The highest BCUT2D eigenvalue weighted by molar-refractivity contribution is 8.14. The molecule has 2 atom stereocenters. The van der Waals surface area contributed by atoms with Crippen molar-refractivity contribution in [3.05, 3.63) is 88.5 Å². The minimum absolute atomic E-state index is 0.103. The van der Waals surface area contributed by atoms with Gasteiger partial charge in [0.05, 0.1) is 4.91 Å². The zero-order valence-electron chi connectivity index (χ0n) is 18.2. The number of nitrogens with one attached hydrogen (secondary N) is 1. The van der Waals surface area contributed by atoms with Crippen LogP contribution in [0.3, 0.4) is 0 Å². The van der Waals surface area contributed by atoms with Crippen LogP contribution in [0.2, 0.25) is 0 Å². The highest BCUT2D eigenvalue weighted by atomic mass is 32.2. The summed E-state index contributed by atoms with van der Waals surface area (Å²) in [6, 6.07) is 18.9. The fourth-order valence-corrected chi connectivity index (χ4v) is 4.99. The third-order valence-electron chi connectivity index (χ3n) is 5.19. The quantitative estimate of drug-likeness (QED) is 0.329. The molecule has 0 radical (unpaired) electrons. The predicted octanol–water partition coefficient (Wildman–Crippen LogP) is 4.54. The Bertz CT molecular complexity index is 1240. The average molecular weight is 495 g/mol. The number of carbonyl (C=O) groups is 3. The fraction of sp³-hybridized carbons (Fsp3) is 0.160. The van der Waals surface area contributed by atoms with Crippen molar-refractivity contribution in [2.24, 2.45) is 0 Å². The van der Waals surface area contributed by atoms with Crippen LogP contribution in [-0.4, -0.2) is 32.5 Å². The number of carboxylic acid groups (broad SMARTS) is 1. The minimum Gasteiger partial charge on any atom is -0.479 e. The van der Waals surface area contributed by atoms with Gasteiger partial charge in [0.25, 0.3) is 5.91 Å². The molecule has 1 fully saturated rings. The van der Waals surface area contributed by atoms with Gasteiger partial charge in [0, 0.05) is 25.1 Å². The van der Waals surface area contributed by atoms with Crippen molar-refractivity contribution in [3.63, 3.8) is 0 Å². The van der Waals surface area contributed by atoms with Gasteiger partial charge in [-0.05, 0) is 23.3 Å². The molecule has 174 valence electrons. The first kappa shape index (κ1) is 23.7. The summed E-state index contributed by atoms with van der Waals surface area (Å²) in [4.78, 5) is 37.9. The zero-order valence-corrected chi connectivity index (χ0v) is 19.9. The summed E-state index contributed by atoms with van der Waals surface area (Å²) in [7, 11) is 0. The smallest absolute Gasteiger partial charge is 0.330 e. The second-order valence-corrected chi connectivity index (χ2v) is 9.63. The van der Waals surface area contributed by atoms with Gasteiger partial charge in [-0.1, -0.05) is 66.4 Å². The van der Waals surface area contributed by atoms with Crippen LogP contribution in [-0.2, 0) is 20.9 Å². The monoisotopic (exact) mass is 494 g/mol. The van der Waals surface area contributed by atoms with Crippen LogP contribution in [0.1, 0.15) is 29.9 Å². The molecule has 0 aliphatic carbocycles. The summed E-state index contributed by atoms with van der Waals surface area (Å²) in [6.45, 7) is 1.75. The standard InChI is InChI=1S/C25H22N2O5S2/c1-15(28)26-22(24(30)31)18-9-7-17(8-10-18)20-12-11-19(32-20)13-21-23(29)27(25(33)34-21)14-16-5-3-2-4-6-16/h2-13,22,25,33H,14H2,1H3,(H,26,28)(H,30,31)/b21-13-/t22-,25-/m0/s1. The van der Waals surface area contributed by atoms with E-state index in [4.69, 9.17) is 4.42 Å². The second-order valence-electron chi connectivity index (χ2n) is 7.67. The molecule has 0 spiro atoms. The molecule has 7 nitrogen and oxygen atoms in total. The number of hydrogen-bond donors (Lipinski definition) is 3. The summed E-state index contributed by atoms with van der Waals surface area (Å²) >= 11 is 5.92. The van der Waals surface area contributed by atoms with E-state index in [1.165, 1.54) is 18.7 Å². The van der Waals surface area contributed by atoms with E-state index in [-0.39, 0.29) is 10.6 Å². The largest absolute Gasteiger partial charge is 0.479 e. The minimum atomic E-state index is -1.14. The van der Waals surface area contributed by atoms with E-state index >= 15 is 0 Å². The summed E-state index contributed by atoms with van der Waals surface area (Å²) in [5.74, 6) is -0.570. The van der Waals surface area contributed by atoms with E-state index in [0.29, 0.717) is 28.5 Å². The van der Waals surface area contributed by atoms with Crippen molar-refractivity contribution in [2.75, 3.05) is 0 Å². The number of hydrogen-bond acceptors (Lipinski definition) is 6. The maximum Gasteiger partial charge on any atom is 0.330 e. The Kier molecular flexibility index (Phi) is 7.14. The van der Waals surface area contributed by atoms with Crippen molar-refractivity contribution in [1.82, 2.24) is 10.2 Å². The van der Waals surface area contributed by atoms with Gasteiger partial charge < -0.3 is 19.7 Å². The number of furan rings is 1. The number of thioether (sulfide) groups is 1. The van der Waals surface area contributed by atoms with Crippen molar-refractivity contribution in [3.8, 4) is 11.3 Å². The summed E-state index contributed by atoms with van der Waals surface area (Å²) < 4.78 is 5.62. The molecule has 1 aliphatic rings. The number of amides is 2. The molecule has 34 heavy (non-hydrogen) atoms. The molecular formula is C25H22N2O5S2. The van der Waals surface area contributed by atoms with E-state index in [1.54, 1.807) is 47.4 Å². The van der Waals surface area contributed by atoms with Gasteiger partial charge in [-0.3, -0.25) is 9.59 Å². The van der Waals surface area contributed by atoms with Crippen molar-refractivity contribution in [2.45, 2.75) is 24.2 Å². The fourth-order valence-electron chi connectivity index (χ4n) is 3.54. The van der Waals surface area contributed by atoms with Crippen LogP contribution in [0.4, 0.5) is 0 Å². The van der Waals surface area contributed by atoms with Crippen LogP contribution in [0, 0.1) is 0 Å². The summed E-state index contributed by atoms with van der Waals surface area (Å²) in [5.41, 5.74) is 2.22. The van der Waals surface area contributed by atoms with Gasteiger partial charge in [0.2, 0.25) is 5.91 Å². The van der Waals surface area contributed by atoms with Crippen molar-refractivity contribution in [1.29, 1.82) is 0 Å². The predicted molar refractivity (Wildman–Crippen MR) is 134 cm³/mol. The molecule has 3 aromatic rings.